The molecule has 0 saturated carbocycles. The molecule has 4 aromatic rings. The Morgan fingerprint density at radius 2 is 1.58 bits per heavy atom. The Kier molecular flexibility index (Phi) is 6.29. The summed E-state index contributed by atoms with van der Waals surface area (Å²) in [4.78, 5) is 0. The second kappa shape index (κ2) is 9.45. The zero-order valence-electron chi connectivity index (χ0n) is 18.3. The van der Waals surface area contributed by atoms with Crippen LogP contribution in [0.15, 0.2) is 116 Å². The van der Waals surface area contributed by atoms with Crippen molar-refractivity contribution in [1.82, 2.24) is 0 Å². The van der Waals surface area contributed by atoms with E-state index < -0.39 is 0 Å². The van der Waals surface area contributed by atoms with Gasteiger partial charge in [0.2, 0.25) is 0 Å². The van der Waals surface area contributed by atoms with Gasteiger partial charge in [0.1, 0.15) is 0 Å². The molecule has 0 aliphatic carbocycles. The van der Waals surface area contributed by atoms with Gasteiger partial charge in [0.25, 0.3) is 0 Å². The first-order valence-electron chi connectivity index (χ1n) is 10.8. The van der Waals surface area contributed by atoms with Gasteiger partial charge in [-0.2, -0.15) is 0 Å². The monoisotopic (exact) mass is 400 g/mol. The summed E-state index contributed by atoms with van der Waals surface area (Å²) in [5.41, 5.74) is 8.99. The largest absolute Gasteiger partial charge is 0.0990 e. The number of fused-ring (bicyclic) bond motifs is 1. The molecule has 0 aliphatic heterocycles. The molecule has 0 radical (unpaired) electrons. The maximum Gasteiger partial charge on any atom is -0.00735 e. The molecule has 0 heterocycles. The van der Waals surface area contributed by atoms with Crippen molar-refractivity contribution in [2.24, 2.45) is 0 Å². The van der Waals surface area contributed by atoms with Gasteiger partial charge in [-0.1, -0.05) is 116 Å². The summed E-state index contributed by atoms with van der Waals surface area (Å²) in [6, 6.07) is 30.4. The average molecular weight is 401 g/mol. The highest BCUT2D eigenvalue weighted by Gasteiger charge is 2.10. The van der Waals surface area contributed by atoms with Crippen molar-refractivity contribution in [3.05, 3.63) is 138 Å². The zero-order chi connectivity index (χ0) is 21.6. The van der Waals surface area contributed by atoms with Crippen LogP contribution in [0.3, 0.4) is 0 Å². The Balaban J connectivity index is 1.64. The Bertz CT molecular complexity index is 1270. The van der Waals surface area contributed by atoms with Crippen LogP contribution in [0.5, 0.6) is 0 Å². The van der Waals surface area contributed by atoms with Gasteiger partial charge in [0.05, 0.1) is 0 Å². The standard InChI is InChI=1S/C31H28/c1-4-11-26(27-14-6-5-7-15-27)16-10-13-25-19-21-30-28(22-25)20-18-24(3)31(30)29-17-9-8-12-23(29)2/h4-12,14-22H,1,13H2,2-3H3/b16-10-,26-11+. The summed E-state index contributed by atoms with van der Waals surface area (Å²) >= 11 is 0. The highest BCUT2D eigenvalue weighted by Crippen LogP contribution is 2.34. The van der Waals surface area contributed by atoms with E-state index in [0.29, 0.717) is 0 Å². The van der Waals surface area contributed by atoms with Gasteiger partial charge in [0, 0.05) is 0 Å². The molecule has 152 valence electrons. The van der Waals surface area contributed by atoms with Gasteiger partial charge < -0.3 is 0 Å². The fraction of sp³-hybridized carbons (Fsp3) is 0.0968. The van der Waals surface area contributed by atoms with Gasteiger partial charge in [-0.25, -0.2) is 0 Å². The molecule has 0 N–H and O–H groups in total. The molecule has 0 nitrogen and oxygen atoms in total. The molecule has 0 heteroatoms. The van der Waals surface area contributed by atoms with E-state index in [0.717, 1.165) is 6.42 Å². The predicted molar refractivity (Wildman–Crippen MR) is 136 cm³/mol. The number of hydrogen-bond donors (Lipinski definition) is 0. The smallest absolute Gasteiger partial charge is 0.00735 e. The quantitative estimate of drug-likeness (QED) is 0.285. The van der Waals surface area contributed by atoms with Gasteiger partial charge in [-0.15, -0.1) is 0 Å². The van der Waals surface area contributed by atoms with Crippen LogP contribution in [0, 0.1) is 13.8 Å². The third kappa shape index (κ3) is 4.59. The summed E-state index contributed by atoms with van der Waals surface area (Å²) in [6.45, 7) is 8.25. The van der Waals surface area contributed by atoms with Crippen molar-refractivity contribution < 1.29 is 0 Å². The zero-order valence-corrected chi connectivity index (χ0v) is 18.3. The predicted octanol–water partition coefficient (Wildman–Crippen LogP) is 8.49. The number of aryl methyl sites for hydroxylation is 2. The third-order valence-corrected chi connectivity index (χ3v) is 5.76. The van der Waals surface area contributed by atoms with Crippen LogP contribution in [0.1, 0.15) is 22.3 Å². The third-order valence-electron chi connectivity index (χ3n) is 5.76. The molecular weight excluding hydrogens is 372 g/mol. The Labute approximate surface area is 185 Å². The van der Waals surface area contributed by atoms with Gasteiger partial charge in [0.15, 0.2) is 0 Å². The van der Waals surface area contributed by atoms with Crippen molar-refractivity contribution in [2.45, 2.75) is 20.3 Å². The molecule has 0 fully saturated rings. The van der Waals surface area contributed by atoms with Gasteiger partial charge in [-0.05, 0) is 70.0 Å². The molecule has 0 unspecified atom stereocenters. The number of rotatable bonds is 6. The Hall–Kier alpha value is -3.64. The topological polar surface area (TPSA) is 0 Å². The fourth-order valence-electron chi connectivity index (χ4n) is 4.15. The summed E-state index contributed by atoms with van der Waals surface area (Å²) in [5, 5.41) is 2.61. The van der Waals surface area contributed by atoms with Crippen LogP contribution < -0.4 is 0 Å². The second-order valence-corrected chi connectivity index (χ2v) is 7.96. The Morgan fingerprint density at radius 1 is 0.806 bits per heavy atom. The molecular formula is C31H28. The van der Waals surface area contributed by atoms with Crippen LogP contribution in [-0.2, 0) is 6.42 Å². The summed E-state index contributed by atoms with van der Waals surface area (Å²) < 4.78 is 0. The normalized spacial score (nSPS) is 11.9. The van der Waals surface area contributed by atoms with Gasteiger partial charge in [-0.3, -0.25) is 0 Å². The molecule has 4 aromatic carbocycles. The molecule has 0 bridgehead atoms. The maximum absolute atomic E-state index is 3.86. The molecule has 0 spiro atoms. The average Bonchev–Trinajstić information content (AvgIpc) is 2.80. The van der Waals surface area contributed by atoms with Crippen molar-refractivity contribution >= 4 is 16.3 Å². The van der Waals surface area contributed by atoms with E-state index in [9.17, 15) is 0 Å². The van der Waals surface area contributed by atoms with Crippen LogP contribution in [0.2, 0.25) is 0 Å². The first kappa shape index (κ1) is 20.6. The van der Waals surface area contributed by atoms with Crippen LogP contribution >= 0.6 is 0 Å². The SMILES string of the molecule is C=C/C=C(\C=C/Cc1ccc2c(-c3ccccc3C)c(C)ccc2c1)c1ccccc1. The maximum atomic E-state index is 3.86. The highest BCUT2D eigenvalue weighted by molar-refractivity contribution is 5.99. The number of benzene rings is 4. The second-order valence-electron chi connectivity index (χ2n) is 7.96. The minimum atomic E-state index is 0.894. The first-order valence-corrected chi connectivity index (χ1v) is 10.8. The lowest BCUT2D eigenvalue weighted by Gasteiger charge is -2.14. The fourth-order valence-corrected chi connectivity index (χ4v) is 4.15. The van der Waals surface area contributed by atoms with Crippen molar-refractivity contribution in [2.75, 3.05) is 0 Å². The summed E-state index contributed by atoms with van der Waals surface area (Å²) in [5.74, 6) is 0. The first-order chi connectivity index (χ1) is 15.2. The van der Waals surface area contributed by atoms with E-state index in [1.54, 1.807) is 0 Å². The van der Waals surface area contributed by atoms with E-state index in [1.165, 1.54) is 49.7 Å². The van der Waals surface area contributed by atoms with Crippen molar-refractivity contribution in [3.63, 3.8) is 0 Å². The van der Waals surface area contributed by atoms with E-state index in [2.05, 4.69) is 118 Å². The molecule has 4 rings (SSSR count). The van der Waals surface area contributed by atoms with E-state index in [1.807, 2.05) is 12.1 Å². The van der Waals surface area contributed by atoms with Crippen LogP contribution in [0.4, 0.5) is 0 Å². The summed E-state index contributed by atoms with van der Waals surface area (Å²) in [7, 11) is 0. The minimum absolute atomic E-state index is 0.894. The summed E-state index contributed by atoms with van der Waals surface area (Å²) in [6.07, 6.45) is 9.22. The highest BCUT2D eigenvalue weighted by atomic mass is 14.1. The molecule has 0 saturated heterocycles. The lowest BCUT2D eigenvalue weighted by Crippen LogP contribution is -1.90. The van der Waals surface area contributed by atoms with Crippen LogP contribution in [-0.4, -0.2) is 0 Å². The number of hydrogen-bond acceptors (Lipinski definition) is 0. The molecule has 0 atom stereocenters. The van der Waals surface area contributed by atoms with E-state index in [4.69, 9.17) is 0 Å². The molecule has 0 aliphatic rings. The lowest BCUT2D eigenvalue weighted by atomic mass is 9.90. The molecule has 0 aromatic heterocycles. The van der Waals surface area contributed by atoms with E-state index in [-0.39, 0.29) is 0 Å². The molecule has 0 amide bonds. The minimum Gasteiger partial charge on any atom is -0.0990 e. The van der Waals surface area contributed by atoms with Crippen LogP contribution in [0.25, 0.3) is 27.5 Å². The lowest BCUT2D eigenvalue weighted by molar-refractivity contribution is 1.28. The van der Waals surface area contributed by atoms with E-state index >= 15 is 0 Å². The van der Waals surface area contributed by atoms with Gasteiger partial charge >= 0.3 is 0 Å². The molecule has 31 heavy (non-hydrogen) atoms. The number of allylic oxidation sites excluding steroid dienone is 5. The van der Waals surface area contributed by atoms with Crippen molar-refractivity contribution in [1.29, 1.82) is 0 Å². The van der Waals surface area contributed by atoms with Crippen molar-refractivity contribution in [3.8, 4) is 11.1 Å². The Morgan fingerprint density at radius 3 is 2.35 bits per heavy atom.